The number of benzene rings is 1. The topological polar surface area (TPSA) is 45.2 Å². The highest BCUT2D eigenvalue weighted by Gasteiger charge is 2.04. The van der Waals surface area contributed by atoms with Crippen LogP contribution in [-0.4, -0.2) is 16.1 Å². The Kier molecular flexibility index (Phi) is 4.93. The smallest absolute Gasteiger partial charge is 0.115 e. The van der Waals surface area contributed by atoms with Gasteiger partial charge in [-0.05, 0) is 44.4 Å². The lowest BCUT2D eigenvalue weighted by atomic mass is 10.1. The SMILES string of the molecule is Cc1ncc(CNC(C)CCc2ccc(O)cc2)s1. The fourth-order valence-corrected chi connectivity index (χ4v) is 2.66. The molecule has 0 aliphatic heterocycles. The molecular weight excluding hydrogens is 256 g/mol. The van der Waals surface area contributed by atoms with Crippen molar-refractivity contribution in [3.63, 3.8) is 0 Å². The van der Waals surface area contributed by atoms with Crippen LogP contribution in [0.3, 0.4) is 0 Å². The lowest BCUT2D eigenvalue weighted by molar-refractivity contribution is 0.474. The van der Waals surface area contributed by atoms with Crippen molar-refractivity contribution >= 4 is 11.3 Å². The number of rotatable bonds is 6. The number of aromatic nitrogens is 1. The summed E-state index contributed by atoms with van der Waals surface area (Å²) in [6, 6.07) is 7.92. The average Bonchev–Trinajstić information content (AvgIpc) is 2.81. The zero-order chi connectivity index (χ0) is 13.7. The third kappa shape index (κ3) is 4.65. The number of phenols is 1. The minimum absolute atomic E-state index is 0.329. The number of phenolic OH excluding ortho intramolecular Hbond substituents is 1. The minimum Gasteiger partial charge on any atom is -0.508 e. The van der Waals surface area contributed by atoms with Crippen LogP contribution in [0.5, 0.6) is 5.75 Å². The summed E-state index contributed by atoms with van der Waals surface area (Å²) in [6.45, 7) is 5.12. The Bertz CT molecular complexity index is 507. The molecule has 102 valence electrons. The average molecular weight is 276 g/mol. The maximum Gasteiger partial charge on any atom is 0.115 e. The number of hydrogen-bond acceptors (Lipinski definition) is 4. The first-order valence-corrected chi connectivity index (χ1v) is 7.38. The van der Waals surface area contributed by atoms with Gasteiger partial charge in [0.25, 0.3) is 0 Å². The van der Waals surface area contributed by atoms with Crippen molar-refractivity contribution in [3.8, 4) is 5.75 Å². The number of nitrogens with one attached hydrogen (secondary N) is 1. The largest absolute Gasteiger partial charge is 0.508 e. The van der Waals surface area contributed by atoms with Crippen molar-refractivity contribution in [2.75, 3.05) is 0 Å². The second-order valence-electron chi connectivity index (χ2n) is 4.83. The first-order chi connectivity index (χ1) is 9.13. The lowest BCUT2D eigenvalue weighted by Gasteiger charge is -2.12. The highest BCUT2D eigenvalue weighted by Crippen LogP contribution is 2.13. The second-order valence-corrected chi connectivity index (χ2v) is 6.15. The van der Waals surface area contributed by atoms with Crippen LogP contribution in [-0.2, 0) is 13.0 Å². The van der Waals surface area contributed by atoms with E-state index in [-0.39, 0.29) is 0 Å². The Balaban J connectivity index is 1.72. The fraction of sp³-hybridized carbons (Fsp3) is 0.400. The summed E-state index contributed by atoms with van der Waals surface area (Å²) in [5.41, 5.74) is 1.26. The summed E-state index contributed by atoms with van der Waals surface area (Å²) in [4.78, 5) is 5.54. The highest BCUT2D eigenvalue weighted by molar-refractivity contribution is 7.11. The van der Waals surface area contributed by atoms with Gasteiger partial charge in [0.2, 0.25) is 0 Å². The first kappa shape index (κ1) is 14.0. The van der Waals surface area contributed by atoms with E-state index in [1.165, 1.54) is 10.4 Å². The predicted octanol–water partition coefficient (Wildman–Crippen LogP) is 3.27. The van der Waals surface area contributed by atoms with Crippen molar-refractivity contribution in [1.82, 2.24) is 10.3 Å². The molecule has 0 radical (unpaired) electrons. The second kappa shape index (κ2) is 6.68. The van der Waals surface area contributed by atoms with E-state index in [1.807, 2.05) is 25.3 Å². The molecule has 0 aliphatic rings. The van der Waals surface area contributed by atoms with E-state index in [0.29, 0.717) is 11.8 Å². The number of nitrogens with zero attached hydrogens (tertiary/aromatic N) is 1. The molecule has 0 aliphatic carbocycles. The molecule has 1 heterocycles. The van der Waals surface area contributed by atoms with E-state index < -0.39 is 0 Å². The maximum atomic E-state index is 9.23. The Morgan fingerprint density at radius 3 is 2.68 bits per heavy atom. The van der Waals surface area contributed by atoms with Crippen molar-refractivity contribution < 1.29 is 5.11 Å². The Labute approximate surface area is 118 Å². The van der Waals surface area contributed by atoms with Gasteiger partial charge in [0, 0.05) is 23.7 Å². The van der Waals surface area contributed by atoms with Crippen LogP contribution >= 0.6 is 11.3 Å². The molecule has 0 bridgehead atoms. The monoisotopic (exact) mass is 276 g/mol. The van der Waals surface area contributed by atoms with Gasteiger partial charge >= 0.3 is 0 Å². The van der Waals surface area contributed by atoms with Gasteiger partial charge in [-0.3, -0.25) is 0 Å². The molecule has 4 heteroatoms. The standard InChI is InChI=1S/C15H20N2OS/c1-11(16-9-15-10-17-12(2)19-15)3-4-13-5-7-14(18)8-6-13/h5-8,10-11,16,18H,3-4,9H2,1-2H3. The summed E-state index contributed by atoms with van der Waals surface area (Å²) in [7, 11) is 0. The summed E-state index contributed by atoms with van der Waals surface area (Å²) in [5.74, 6) is 0.329. The van der Waals surface area contributed by atoms with Gasteiger partial charge in [-0.2, -0.15) is 0 Å². The van der Waals surface area contributed by atoms with Gasteiger partial charge in [0.15, 0.2) is 0 Å². The zero-order valence-electron chi connectivity index (χ0n) is 11.4. The molecule has 0 amide bonds. The number of aromatic hydroxyl groups is 1. The fourth-order valence-electron chi connectivity index (χ4n) is 1.91. The molecular formula is C15H20N2OS. The van der Waals surface area contributed by atoms with Crippen molar-refractivity contribution in [3.05, 3.63) is 45.9 Å². The summed E-state index contributed by atoms with van der Waals surface area (Å²) >= 11 is 1.74. The van der Waals surface area contributed by atoms with E-state index in [0.717, 1.165) is 24.4 Å². The van der Waals surface area contributed by atoms with Crippen LogP contribution in [0.25, 0.3) is 0 Å². The molecule has 3 nitrogen and oxygen atoms in total. The minimum atomic E-state index is 0.329. The van der Waals surface area contributed by atoms with Crippen LogP contribution in [0, 0.1) is 6.92 Å². The van der Waals surface area contributed by atoms with Crippen molar-refractivity contribution in [1.29, 1.82) is 0 Å². The lowest BCUT2D eigenvalue weighted by Crippen LogP contribution is -2.25. The van der Waals surface area contributed by atoms with E-state index in [1.54, 1.807) is 23.5 Å². The molecule has 1 atom stereocenters. The van der Waals surface area contributed by atoms with Crippen LogP contribution in [0.1, 0.15) is 28.8 Å². The molecule has 1 aromatic heterocycles. The summed E-state index contributed by atoms with van der Waals surface area (Å²) in [6.07, 6.45) is 4.05. The van der Waals surface area contributed by atoms with Gasteiger partial charge in [0.1, 0.15) is 5.75 Å². The molecule has 0 saturated carbocycles. The van der Waals surface area contributed by atoms with E-state index in [9.17, 15) is 5.11 Å². The van der Waals surface area contributed by atoms with Crippen LogP contribution in [0.15, 0.2) is 30.5 Å². The van der Waals surface area contributed by atoms with E-state index in [4.69, 9.17) is 0 Å². The molecule has 2 rings (SSSR count). The Hall–Kier alpha value is -1.39. The molecule has 0 spiro atoms. The number of aryl methyl sites for hydroxylation is 2. The molecule has 0 fully saturated rings. The number of thiazole rings is 1. The molecule has 1 aromatic carbocycles. The summed E-state index contributed by atoms with van der Waals surface area (Å²) in [5, 5.41) is 13.9. The van der Waals surface area contributed by atoms with E-state index >= 15 is 0 Å². The van der Waals surface area contributed by atoms with Crippen molar-refractivity contribution in [2.45, 2.75) is 39.3 Å². The highest BCUT2D eigenvalue weighted by atomic mass is 32.1. The van der Waals surface area contributed by atoms with Crippen LogP contribution in [0.2, 0.25) is 0 Å². The number of hydrogen-bond donors (Lipinski definition) is 2. The molecule has 2 N–H and O–H groups in total. The Morgan fingerprint density at radius 2 is 2.05 bits per heavy atom. The maximum absolute atomic E-state index is 9.23. The molecule has 1 unspecified atom stereocenters. The predicted molar refractivity (Wildman–Crippen MR) is 79.6 cm³/mol. The first-order valence-electron chi connectivity index (χ1n) is 6.56. The third-order valence-corrected chi connectivity index (χ3v) is 4.01. The van der Waals surface area contributed by atoms with Crippen molar-refractivity contribution in [2.24, 2.45) is 0 Å². The zero-order valence-corrected chi connectivity index (χ0v) is 12.2. The van der Waals surface area contributed by atoms with Gasteiger partial charge in [-0.15, -0.1) is 11.3 Å². The van der Waals surface area contributed by atoms with Crippen LogP contribution < -0.4 is 5.32 Å². The third-order valence-electron chi connectivity index (χ3n) is 3.10. The molecule has 2 aromatic rings. The van der Waals surface area contributed by atoms with Gasteiger partial charge in [-0.1, -0.05) is 12.1 Å². The quantitative estimate of drug-likeness (QED) is 0.851. The van der Waals surface area contributed by atoms with Gasteiger partial charge < -0.3 is 10.4 Å². The van der Waals surface area contributed by atoms with Gasteiger partial charge in [-0.25, -0.2) is 4.98 Å². The Morgan fingerprint density at radius 1 is 1.32 bits per heavy atom. The molecule has 0 saturated heterocycles. The van der Waals surface area contributed by atoms with E-state index in [2.05, 4.69) is 17.2 Å². The van der Waals surface area contributed by atoms with Gasteiger partial charge in [0.05, 0.1) is 5.01 Å². The van der Waals surface area contributed by atoms with Crippen LogP contribution in [0.4, 0.5) is 0 Å². The normalized spacial score (nSPS) is 12.5. The molecule has 19 heavy (non-hydrogen) atoms. The summed E-state index contributed by atoms with van der Waals surface area (Å²) < 4.78 is 0.